The minimum atomic E-state index is -2.44. The van der Waals surface area contributed by atoms with Crippen LogP contribution in [0.1, 0.15) is 27.2 Å². The summed E-state index contributed by atoms with van der Waals surface area (Å²) in [5, 5.41) is 0. The van der Waals surface area contributed by atoms with Gasteiger partial charge in [0.2, 0.25) is 0 Å². The Bertz CT molecular complexity index is 208. The molecule has 1 fully saturated rings. The highest BCUT2D eigenvalue weighted by atomic mass is 28.4. The third kappa shape index (κ3) is 6.33. The van der Waals surface area contributed by atoms with E-state index in [0.29, 0.717) is 19.8 Å². The van der Waals surface area contributed by atoms with Crippen LogP contribution < -0.4 is 0 Å². The van der Waals surface area contributed by atoms with Crippen LogP contribution >= 0.6 is 0 Å². The van der Waals surface area contributed by atoms with Gasteiger partial charge in [0.15, 0.2) is 0 Å². The number of ether oxygens (including phenoxy) is 1. The largest absolute Gasteiger partial charge is 0.500 e. The Labute approximate surface area is 118 Å². The fourth-order valence-corrected chi connectivity index (χ4v) is 4.94. The predicted octanol–water partition coefficient (Wildman–Crippen LogP) is 1.76. The molecule has 0 spiro atoms. The first-order valence-corrected chi connectivity index (χ1v) is 9.41. The van der Waals surface area contributed by atoms with Gasteiger partial charge in [-0.3, -0.25) is 4.90 Å². The van der Waals surface area contributed by atoms with E-state index in [9.17, 15) is 0 Å². The predicted molar refractivity (Wildman–Crippen MR) is 77.3 cm³/mol. The summed E-state index contributed by atoms with van der Waals surface area (Å²) in [6.07, 6.45) is 1.06. The second kappa shape index (κ2) is 9.85. The summed E-state index contributed by atoms with van der Waals surface area (Å²) in [7, 11) is -2.44. The minimum Gasteiger partial charge on any atom is -0.379 e. The Morgan fingerprint density at radius 2 is 1.47 bits per heavy atom. The van der Waals surface area contributed by atoms with Crippen LogP contribution in [0.4, 0.5) is 0 Å². The maximum atomic E-state index is 5.85. The molecular formula is C13H29NO4Si. The van der Waals surface area contributed by atoms with Gasteiger partial charge in [0.1, 0.15) is 0 Å². The molecule has 1 aliphatic rings. The lowest BCUT2D eigenvalue weighted by molar-refractivity contribution is 0.0357. The van der Waals surface area contributed by atoms with Crippen LogP contribution in [0.25, 0.3) is 0 Å². The smallest absolute Gasteiger partial charge is 0.379 e. The molecule has 19 heavy (non-hydrogen) atoms. The molecule has 0 atom stereocenters. The zero-order valence-electron chi connectivity index (χ0n) is 12.7. The monoisotopic (exact) mass is 291 g/mol. The van der Waals surface area contributed by atoms with E-state index >= 15 is 0 Å². The minimum absolute atomic E-state index is 0.657. The lowest BCUT2D eigenvalue weighted by Crippen LogP contribution is -2.46. The van der Waals surface area contributed by atoms with Crippen LogP contribution in [0.3, 0.4) is 0 Å². The quantitative estimate of drug-likeness (QED) is 0.574. The second-order valence-corrected chi connectivity index (χ2v) is 7.27. The average molecular weight is 291 g/mol. The van der Waals surface area contributed by atoms with Crippen molar-refractivity contribution in [2.24, 2.45) is 0 Å². The summed E-state index contributed by atoms with van der Waals surface area (Å²) in [4.78, 5) is 2.44. The molecule has 5 nitrogen and oxygen atoms in total. The maximum Gasteiger partial charge on any atom is 0.500 e. The fraction of sp³-hybridized carbons (Fsp3) is 1.00. The molecule has 1 saturated heterocycles. The molecule has 0 aromatic heterocycles. The first-order valence-electron chi connectivity index (χ1n) is 7.48. The second-order valence-electron chi connectivity index (χ2n) is 4.54. The van der Waals surface area contributed by atoms with Gasteiger partial charge in [0.05, 0.1) is 13.2 Å². The molecule has 6 heteroatoms. The molecule has 0 N–H and O–H groups in total. The molecule has 0 bridgehead atoms. The third-order valence-electron chi connectivity index (χ3n) is 3.15. The van der Waals surface area contributed by atoms with Gasteiger partial charge in [0, 0.05) is 39.0 Å². The molecule has 0 saturated carbocycles. The number of hydrogen-bond donors (Lipinski definition) is 0. The van der Waals surface area contributed by atoms with Crippen molar-refractivity contribution in [1.29, 1.82) is 0 Å². The lowest BCUT2D eigenvalue weighted by Gasteiger charge is -2.30. The lowest BCUT2D eigenvalue weighted by atomic mass is 10.3. The van der Waals surface area contributed by atoms with Gasteiger partial charge in [-0.2, -0.15) is 0 Å². The molecule has 0 aliphatic carbocycles. The van der Waals surface area contributed by atoms with Crippen LogP contribution in [-0.2, 0) is 18.0 Å². The van der Waals surface area contributed by atoms with Crippen molar-refractivity contribution in [2.45, 2.75) is 33.2 Å². The molecule has 1 heterocycles. The van der Waals surface area contributed by atoms with E-state index in [1.807, 2.05) is 20.8 Å². The summed E-state index contributed by atoms with van der Waals surface area (Å²) in [5.74, 6) is 0. The molecule has 0 radical (unpaired) electrons. The van der Waals surface area contributed by atoms with Crippen LogP contribution in [-0.4, -0.2) is 66.4 Å². The number of nitrogens with zero attached hydrogens (tertiary/aromatic N) is 1. The van der Waals surface area contributed by atoms with Gasteiger partial charge in [-0.25, -0.2) is 0 Å². The van der Waals surface area contributed by atoms with E-state index < -0.39 is 8.80 Å². The molecule has 114 valence electrons. The van der Waals surface area contributed by atoms with E-state index in [1.54, 1.807) is 0 Å². The van der Waals surface area contributed by atoms with Gasteiger partial charge in [-0.15, -0.1) is 0 Å². The Balaban J connectivity index is 2.36. The van der Waals surface area contributed by atoms with Crippen LogP contribution in [0.15, 0.2) is 0 Å². The molecule has 1 rings (SSSR count). The van der Waals surface area contributed by atoms with Crippen molar-refractivity contribution in [2.75, 3.05) is 52.7 Å². The molecule has 0 amide bonds. The SMILES string of the molecule is CCO[Si](CCCN1CCOCC1)(OCC)OCC. The summed E-state index contributed by atoms with van der Waals surface area (Å²) < 4.78 is 22.9. The maximum absolute atomic E-state index is 5.85. The standard InChI is InChI=1S/C13H29NO4Si/c1-4-16-19(17-5-2,18-6-3)13-7-8-14-9-11-15-12-10-14/h4-13H2,1-3H3. The summed E-state index contributed by atoms with van der Waals surface area (Å²) in [6, 6.07) is 0.903. The van der Waals surface area contributed by atoms with Gasteiger partial charge >= 0.3 is 8.80 Å². The first kappa shape index (κ1) is 17.1. The Hall–Kier alpha value is 0.0169. The zero-order valence-corrected chi connectivity index (χ0v) is 13.7. The highest BCUT2D eigenvalue weighted by Gasteiger charge is 2.39. The van der Waals surface area contributed by atoms with Crippen molar-refractivity contribution >= 4 is 8.80 Å². The Morgan fingerprint density at radius 1 is 0.947 bits per heavy atom. The third-order valence-corrected chi connectivity index (χ3v) is 6.31. The van der Waals surface area contributed by atoms with E-state index in [-0.39, 0.29) is 0 Å². The average Bonchev–Trinajstić information content (AvgIpc) is 2.41. The Morgan fingerprint density at radius 3 is 1.95 bits per heavy atom. The van der Waals surface area contributed by atoms with Crippen molar-refractivity contribution < 1.29 is 18.0 Å². The van der Waals surface area contributed by atoms with Gasteiger partial charge in [-0.1, -0.05) is 0 Å². The summed E-state index contributed by atoms with van der Waals surface area (Å²) in [5.41, 5.74) is 0. The van der Waals surface area contributed by atoms with E-state index in [4.69, 9.17) is 18.0 Å². The fourth-order valence-electron chi connectivity index (χ4n) is 2.35. The Kier molecular flexibility index (Phi) is 8.85. The highest BCUT2D eigenvalue weighted by Crippen LogP contribution is 2.18. The van der Waals surface area contributed by atoms with Crippen molar-refractivity contribution in [3.8, 4) is 0 Å². The number of rotatable bonds is 10. The summed E-state index contributed by atoms with van der Waals surface area (Å²) in [6.45, 7) is 12.8. The van der Waals surface area contributed by atoms with Crippen LogP contribution in [0.5, 0.6) is 0 Å². The van der Waals surface area contributed by atoms with Crippen molar-refractivity contribution in [1.82, 2.24) is 4.90 Å². The van der Waals surface area contributed by atoms with Crippen molar-refractivity contribution in [3.05, 3.63) is 0 Å². The molecule has 1 aliphatic heterocycles. The van der Waals surface area contributed by atoms with E-state index in [1.165, 1.54) is 0 Å². The first-order chi connectivity index (χ1) is 9.26. The van der Waals surface area contributed by atoms with Gasteiger partial charge < -0.3 is 18.0 Å². The number of morpholine rings is 1. The van der Waals surface area contributed by atoms with Crippen LogP contribution in [0, 0.1) is 0 Å². The zero-order chi connectivity index (χ0) is 14.0. The normalized spacial score (nSPS) is 17.8. The van der Waals surface area contributed by atoms with Crippen LogP contribution in [0.2, 0.25) is 6.04 Å². The molecule has 0 aromatic rings. The van der Waals surface area contributed by atoms with Gasteiger partial charge in [-0.05, 0) is 33.7 Å². The van der Waals surface area contributed by atoms with E-state index in [2.05, 4.69) is 4.90 Å². The van der Waals surface area contributed by atoms with Crippen molar-refractivity contribution in [3.63, 3.8) is 0 Å². The van der Waals surface area contributed by atoms with E-state index in [0.717, 1.165) is 45.3 Å². The summed E-state index contributed by atoms with van der Waals surface area (Å²) >= 11 is 0. The highest BCUT2D eigenvalue weighted by molar-refractivity contribution is 6.60. The molecule has 0 aromatic carbocycles. The number of hydrogen-bond acceptors (Lipinski definition) is 5. The van der Waals surface area contributed by atoms with Gasteiger partial charge in [0.25, 0.3) is 0 Å². The molecule has 0 unspecified atom stereocenters. The molecular weight excluding hydrogens is 262 g/mol. The topological polar surface area (TPSA) is 40.2 Å².